The minimum atomic E-state index is -4.13. The number of fused-ring (bicyclic) bond motifs is 1. The highest BCUT2D eigenvalue weighted by atomic mass is 32.2. The molecule has 4 aromatic carbocycles. The molecule has 42 heavy (non-hydrogen) atoms. The van der Waals surface area contributed by atoms with Crippen molar-refractivity contribution >= 4 is 48.2 Å². The van der Waals surface area contributed by atoms with E-state index in [2.05, 4.69) is 9.44 Å². The number of hydrogen-bond donors (Lipinski definition) is 3. The number of nitrogens with one attached hydrogen (secondary N) is 2. The molecule has 0 aliphatic rings. The van der Waals surface area contributed by atoms with Gasteiger partial charge in [0.25, 0.3) is 20.0 Å². The Kier molecular flexibility index (Phi) is 9.27. The summed E-state index contributed by atoms with van der Waals surface area (Å²) in [7, 11) is -6.70. The molecule has 0 aliphatic heterocycles. The molecule has 4 aromatic rings. The molecule has 0 amide bonds. The van der Waals surface area contributed by atoms with Crippen molar-refractivity contribution in [3.63, 3.8) is 0 Å². The van der Waals surface area contributed by atoms with E-state index in [1.807, 2.05) is 13.8 Å². The molecule has 12 heteroatoms. The van der Waals surface area contributed by atoms with Gasteiger partial charge in [-0.15, -0.1) is 0 Å². The molecular weight excluding hydrogens is 580 g/mol. The predicted molar refractivity (Wildman–Crippen MR) is 161 cm³/mol. The Balaban J connectivity index is 1.80. The van der Waals surface area contributed by atoms with E-state index in [0.29, 0.717) is 22.1 Å². The summed E-state index contributed by atoms with van der Waals surface area (Å²) in [6, 6.07) is 19.2. The van der Waals surface area contributed by atoms with E-state index in [1.165, 1.54) is 61.7 Å². The van der Waals surface area contributed by atoms with Gasteiger partial charge < -0.3 is 14.6 Å². The topological polar surface area (TPSA) is 148 Å². The van der Waals surface area contributed by atoms with Gasteiger partial charge >= 0.3 is 5.97 Å². The Morgan fingerprint density at radius 1 is 0.833 bits per heavy atom. The molecule has 0 aromatic heterocycles. The smallest absolute Gasteiger partial charge is 0.306 e. The van der Waals surface area contributed by atoms with Gasteiger partial charge in [-0.1, -0.05) is 38.1 Å². The van der Waals surface area contributed by atoms with E-state index in [-0.39, 0.29) is 52.3 Å². The molecular formula is C30H32N2O8S2. The van der Waals surface area contributed by atoms with Crippen LogP contribution in [-0.2, 0) is 36.0 Å². The number of hydrogen-bond acceptors (Lipinski definition) is 8. The maximum Gasteiger partial charge on any atom is 0.306 e. The lowest BCUT2D eigenvalue weighted by atomic mass is 9.99. The Hall–Kier alpha value is -4.29. The van der Waals surface area contributed by atoms with Crippen LogP contribution in [0.15, 0.2) is 88.7 Å². The predicted octanol–water partition coefficient (Wildman–Crippen LogP) is 5.29. The number of benzene rings is 4. The molecule has 0 heterocycles. The summed E-state index contributed by atoms with van der Waals surface area (Å²) in [4.78, 5) is 12.4. The van der Waals surface area contributed by atoms with Gasteiger partial charge in [0, 0.05) is 17.2 Å². The van der Waals surface area contributed by atoms with E-state index >= 15 is 0 Å². The Labute approximate surface area is 245 Å². The number of ether oxygens (including phenoxy) is 2. The zero-order valence-electron chi connectivity index (χ0n) is 23.3. The number of aryl methyl sites for hydroxylation is 1. The average molecular weight is 613 g/mol. The highest BCUT2D eigenvalue weighted by molar-refractivity contribution is 7.93. The fourth-order valence-electron chi connectivity index (χ4n) is 4.18. The van der Waals surface area contributed by atoms with Gasteiger partial charge in [-0.05, 0) is 72.5 Å². The van der Waals surface area contributed by atoms with E-state index in [1.54, 1.807) is 24.3 Å². The zero-order chi connectivity index (χ0) is 30.5. The van der Waals surface area contributed by atoms with Gasteiger partial charge in [0.05, 0.1) is 34.9 Å². The summed E-state index contributed by atoms with van der Waals surface area (Å²) in [5.41, 5.74) is 0.784. The number of carbonyl (C=O) groups excluding carboxylic acids is 1. The third-order valence-electron chi connectivity index (χ3n) is 6.30. The van der Waals surface area contributed by atoms with Gasteiger partial charge in [0.1, 0.15) is 11.5 Å². The summed E-state index contributed by atoms with van der Waals surface area (Å²) in [5.74, 6) is 0.0793. The first kappa shape index (κ1) is 30.7. The molecule has 222 valence electrons. The Bertz CT molecular complexity index is 1790. The number of phenols is 1. The van der Waals surface area contributed by atoms with Crippen LogP contribution in [-0.4, -0.2) is 41.6 Å². The van der Waals surface area contributed by atoms with Crippen LogP contribution < -0.4 is 14.2 Å². The summed E-state index contributed by atoms with van der Waals surface area (Å²) in [6.07, 6.45) is -0.00384. The molecule has 0 spiro atoms. The van der Waals surface area contributed by atoms with Crippen LogP contribution in [0, 0.1) is 5.92 Å². The second-order valence-electron chi connectivity index (χ2n) is 9.96. The normalized spacial score (nSPS) is 11.8. The van der Waals surface area contributed by atoms with Crippen LogP contribution in [0.4, 0.5) is 11.4 Å². The molecule has 0 saturated heterocycles. The van der Waals surface area contributed by atoms with Crippen molar-refractivity contribution in [1.29, 1.82) is 0 Å². The quantitative estimate of drug-likeness (QED) is 0.183. The van der Waals surface area contributed by atoms with Crippen LogP contribution in [0.3, 0.4) is 0 Å². The van der Waals surface area contributed by atoms with Gasteiger partial charge in [-0.3, -0.25) is 14.2 Å². The second kappa shape index (κ2) is 12.7. The molecule has 0 fully saturated rings. The first-order valence-corrected chi connectivity index (χ1v) is 16.0. The zero-order valence-corrected chi connectivity index (χ0v) is 25.0. The van der Waals surface area contributed by atoms with Crippen molar-refractivity contribution in [2.75, 3.05) is 23.2 Å². The SMILES string of the molecule is COc1ccc(S(=O)(=O)Nc2cc(CCC(=O)OCC(C)C)c(NS(=O)(=O)c3ccc(O)cc3)c3ccccc23)cc1. The van der Waals surface area contributed by atoms with Crippen LogP contribution in [0.2, 0.25) is 0 Å². The third kappa shape index (κ3) is 7.31. The van der Waals surface area contributed by atoms with E-state index < -0.39 is 26.0 Å². The van der Waals surface area contributed by atoms with E-state index in [9.17, 15) is 26.7 Å². The Morgan fingerprint density at radius 2 is 1.40 bits per heavy atom. The number of methoxy groups -OCH3 is 1. The maximum atomic E-state index is 13.4. The fraction of sp³-hybridized carbons (Fsp3) is 0.233. The van der Waals surface area contributed by atoms with E-state index in [4.69, 9.17) is 9.47 Å². The lowest BCUT2D eigenvalue weighted by molar-refractivity contribution is -0.144. The van der Waals surface area contributed by atoms with Crippen LogP contribution in [0.1, 0.15) is 25.8 Å². The number of esters is 1. The number of carbonyl (C=O) groups is 1. The largest absolute Gasteiger partial charge is 0.508 e. The first-order chi connectivity index (χ1) is 19.9. The van der Waals surface area contributed by atoms with E-state index in [0.717, 1.165) is 0 Å². The molecule has 10 nitrogen and oxygen atoms in total. The lowest BCUT2D eigenvalue weighted by Gasteiger charge is -2.19. The molecule has 0 aliphatic carbocycles. The highest BCUT2D eigenvalue weighted by Crippen LogP contribution is 2.37. The maximum absolute atomic E-state index is 13.4. The van der Waals surface area contributed by atoms with Crippen LogP contribution in [0.5, 0.6) is 11.5 Å². The van der Waals surface area contributed by atoms with Gasteiger partial charge in [-0.25, -0.2) is 16.8 Å². The monoisotopic (exact) mass is 612 g/mol. The van der Waals surface area contributed by atoms with Crippen LogP contribution >= 0.6 is 0 Å². The fourth-order valence-corrected chi connectivity index (χ4v) is 6.37. The van der Waals surface area contributed by atoms with Crippen LogP contribution in [0.25, 0.3) is 10.8 Å². The minimum absolute atomic E-state index is 0.00306. The number of anilines is 2. The molecule has 3 N–H and O–H groups in total. The number of phenolic OH excluding ortho intramolecular Hbond substituents is 1. The summed E-state index contributed by atoms with van der Waals surface area (Å²) in [6.45, 7) is 4.06. The van der Waals surface area contributed by atoms with Crippen molar-refractivity contribution in [3.05, 3.63) is 84.4 Å². The molecule has 0 bridgehead atoms. The third-order valence-corrected chi connectivity index (χ3v) is 9.05. The molecule has 4 rings (SSSR count). The van der Waals surface area contributed by atoms with Crippen molar-refractivity contribution in [1.82, 2.24) is 0 Å². The summed E-state index contributed by atoms with van der Waals surface area (Å²) in [5, 5.41) is 10.5. The lowest BCUT2D eigenvalue weighted by Crippen LogP contribution is -2.17. The van der Waals surface area contributed by atoms with Crippen molar-refractivity contribution < 1.29 is 36.2 Å². The summed E-state index contributed by atoms with van der Waals surface area (Å²) >= 11 is 0. The minimum Gasteiger partial charge on any atom is -0.508 e. The molecule has 0 saturated carbocycles. The average Bonchev–Trinajstić information content (AvgIpc) is 2.96. The number of sulfonamides is 2. The van der Waals surface area contributed by atoms with Crippen molar-refractivity contribution in [2.45, 2.75) is 36.5 Å². The van der Waals surface area contributed by atoms with Crippen molar-refractivity contribution in [2.24, 2.45) is 5.92 Å². The number of rotatable bonds is 12. The molecule has 0 unspecified atom stereocenters. The van der Waals surface area contributed by atoms with Gasteiger partial charge in [-0.2, -0.15) is 0 Å². The molecule has 0 radical (unpaired) electrons. The second-order valence-corrected chi connectivity index (χ2v) is 13.3. The number of aromatic hydroxyl groups is 1. The first-order valence-electron chi connectivity index (χ1n) is 13.1. The highest BCUT2D eigenvalue weighted by Gasteiger charge is 2.23. The standard InChI is InChI=1S/C30H32N2O8S2/c1-20(2)19-40-29(34)17-8-21-18-28(31-41(35,36)25-15-11-23(39-3)12-16-25)26-6-4-5-7-27(26)30(21)32-42(37,38)24-13-9-22(33)10-14-24/h4-7,9-16,18,20,31-33H,8,17,19H2,1-3H3. The van der Waals surface area contributed by atoms with Gasteiger partial charge in [0.15, 0.2) is 0 Å². The molecule has 0 atom stereocenters. The Morgan fingerprint density at radius 3 is 2.00 bits per heavy atom. The summed E-state index contributed by atoms with van der Waals surface area (Å²) < 4.78 is 69.1. The van der Waals surface area contributed by atoms with Crippen molar-refractivity contribution in [3.8, 4) is 11.5 Å². The van der Waals surface area contributed by atoms with Gasteiger partial charge in [0.2, 0.25) is 0 Å².